The highest BCUT2D eigenvalue weighted by Gasteiger charge is 2.19. The Morgan fingerprint density at radius 1 is 1.11 bits per heavy atom. The van der Waals surface area contributed by atoms with Crippen LogP contribution in [0.3, 0.4) is 0 Å². The fourth-order valence-corrected chi connectivity index (χ4v) is 4.37. The average molecular weight is 461 g/mol. The van der Waals surface area contributed by atoms with Gasteiger partial charge in [0.1, 0.15) is 11.6 Å². The van der Waals surface area contributed by atoms with Crippen molar-refractivity contribution in [3.8, 4) is 0 Å². The first-order valence-electron chi connectivity index (χ1n) is 4.94. The van der Waals surface area contributed by atoms with Gasteiger partial charge in [0, 0.05) is 21.0 Å². The Balaban J connectivity index is 2.45. The van der Waals surface area contributed by atoms with Crippen molar-refractivity contribution in [3.05, 3.63) is 54.1 Å². The summed E-state index contributed by atoms with van der Waals surface area (Å²) in [7, 11) is 0. The standard InChI is InChI=1S/C12H7Br3F2S/c1-5-2-6(9(17)4-8(5)16)11(14)10-3-7(13)12(15)18-10/h2-4,11H,1H3. The molecule has 2 aromatic rings. The molecular formula is C12H7Br3F2S. The normalized spacial score (nSPS) is 12.8. The SMILES string of the molecule is Cc1cc(C(Br)c2cc(Br)c(Br)s2)c(F)cc1F. The number of benzene rings is 1. The van der Waals surface area contributed by atoms with Crippen LogP contribution < -0.4 is 0 Å². The summed E-state index contributed by atoms with van der Waals surface area (Å²) >= 11 is 11.7. The Morgan fingerprint density at radius 3 is 2.33 bits per heavy atom. The molecule has 0 spiro atoms. The third kappa shape index (κ3) is 2.86. The topological polar surface area (TPSA) is 0 Å². The van der Waals surface area contributed by atoms with Gasteiger partial charge < -0.3 is 0 Å². The number of hydrogen-bond acceptors (Lipinski definition) is 1. The van der Waals surface area contributed by atoms with E-state index in [1.165, 1.54) is 17.4 Å². The lowest BCUT2D eigenvalue weighted by atomic mass is 10.1. The summed E-state index contributed by atoms with van der Waals surface area (Å²) < 4.78 is 28.9. The van der Waals surface area contributed by atoms with E-state index in [9.17, 15) is 8.78 Å². The molecule has 0 saturated heterocycles. The van der Waals surface area contributed by atoms with Crippen molar-refractivity contribution in [2.75, 3.05) is 0 Å². The zero-order valence-electron chi connectivity index (χ0n) is 9.11. The minimum atomic E-state index is -0.541. The zero-order valence-corrected chi connectivity index (χ0v) is 14.7. The van der Waals surface area contributed by atoms with Gasteiger partial charge in [0.05, 0.1) is 8.61 Å². The van der Waals surface area contributed by atoms with E-state index >= 15 is 0 Å². The van der Waals surface area contributed by atoms with Gasteiger partial charge in [-0.15, -0.1) is 11.3 Å². The molecule has 0 bridgehead atoms. The van der Waals surface area contributed by atoms with E-state index in [0.29, 0.717) is 11.1 Å². The van der Waals surface area contributed by atoms with Crippen LogP contribution in [-0.4, -0.2) is 0 Å². The molecule has 0 amide bonds. The Kier molecular flexibility index (Phi) is 4.62. The van der Waals surface area contributed by atoms with Crippen LogP contribution in [0.25, 0.3) is 0 Å². The minimum Gasteiger partial charge on any atom is -0.207 e. The highest BCUT2D eigenvalue weighted by molar-refractivity contribution is 9.13. The molecule has 0 radical (unpaired) electrons. The summed E-state index contributed by atoms with van der Waals surface area (Å²) in [5.74, 6) is -1.06. The number of alkyl halides is 1. The Bertz CT molecular complexity index is 576. The Hall–Kier alpha value is 0.220. The van der Waals surface area contributed by atoms with Crippen LogP contribution in [-0.2, 0) is 0 Å². The highest BCUT2D eigenvalue weighted by Crippen LogP contribution is 2.42. The molecule has 1 unspecified atom stereocenters. The van der Waals surface area contributed by atoms with Crippen LogP contribution in [0.1, 0.15) is 20.8 Å². The zero-order chi connectivity index (χ0) is 13.4. The number of thiophene rings is 1. The molecule has 0 aliphatic carbocycles. The smallest absolute Gasteiger partial charge is 0.130 e. The molecule has 6 heteroatoms. The van der Waals surface area contributed by atoms with E-state index in [4.69, 9.17) is 0 Å². The highest BCUT2D eigenvalue weighted by atomic mass is 79.9. The van der Waals surface area contributed by atoms with Crippen molar-refractivity contribution < 1.29 is 8.78 Å². The molecular weight excluding hydrogens is 454 g/mol. The average Bonchev–Trinajstić information content (AvgIpc) is 2.63. The third-order valence-corrected chi connectivity index (χ3v) is 7.08. The fourth-order valence-electron chi connectivity index (χ4n) is 1.52. The van der Waals surface area contributed by atoms with Gasteiger partial charge >= 0.3 is 0 Å². The molecule has 1 heterocycles. The van der Waals surface area contributed by atoms with Gasteiger partial charge in [0.15, 0.2) is 0 Å². The molecule has 0 aliphatic rings. The largest absolute Gasteiger partial charge is 0.207 e. The summed E-state index contributed by atoms with van der Waals surface area (Å²) in [4.78, 5) is 0.656. The van der Waals surface area contributed by atoms with Gasteiger partial charge in [-0.1, -0.05) is 15.9 Å². The van der Waals surface area contributed by atoms with Gasteiger partial charge in [-0.2, -0.15) is 0 Å². The van der Waals surface area contributed by atoms with Gasteiger partial charge in [-0.05, 0) is 56.5 Å². The first kappa shape index (κ1) is 14.6. The number of halogens is 5. The van der Waals surface area contributed by atoms with Crippen molar-refractivity contribution in [3.63, 3.8) is 0 Å². The number of hydrogen-bond donors (Lipinski definition) is 0. The summed E-state index contributed by atoms with van der Waals surface area (Å²) in [6.45, 7) is 1.62. The van der Waals surface area contributed by atoms with E-state index in [0.717, 1.165) is 19.2 Å². The van der Waals surface area contributed by atoms with E-state index in [2.05, 4.69) is 47.8 Å². The number of rotatable bonds is 2. The molecule has 0 saturated carbocycles. The molecule has 0 nitrogen and oxygen atoms in total. The molecule has 1 aromatic carbocycles. The predicted molar refractivity (Wildman–Crippen MR) is 81.6 cm³/mol. The number of aryl methyl sites for hydroxylation is 1. The van der Waals surface area contributed by atoms with Gasteiger partial charge in [0.25, 0.3) is 0 Å². The molecule has 0 aliphatic heterocycles. The molecule has 0 N–H and O–H groups in total. The second-order valence-electron chi connectivity index (χ2n) is 3.76. The molecule has 0 fully saturated rings. The summed E-state index contributed by atoms with van der Waals surface area (Å²) in [6.07, 6.45) is 0. The third-order valence-electron chi connectivity index (χ3n) is 2.47. The summed E-state index contributed by atoms with van der Waals surface area (Å²) in [5.41, 5.74) is 0.876. The molecule has 1 aromatic heterocycles. The quantitative estimate of drug-likeness (QED) is 0.458. The van der Waals surface area contributed by atoms with Crippen LogP contribution in [0.2, 0.25) is 0 Å². The van der Waals surface area contributed by atoms with Crippen molar-refractivity contribution in [2.24, 2.45) is 0 Å². The van der Waals surface area contributed by atoms with E-state index in [1.807, 2.05) is 6.07 Å². The van der Waals surface area contributed by atoms with Gasteiger partial charge in [0.2, 0.25) is 0 Å². The van der Waals surface area contributed by atoms with E-state index in [-0.39, 0.29) is 4.83 Å². The Morgan fingerprint density at radius 2 is 1.78 bits per heavy atom. The maximum Gasteiger partial charge on any atom is 0.130 e. The first-order valence-corrected chi connectivity index (χ1v) is 8.26. The van der Waals surface area contributed by atoms with Crippen molar-refractivity contribution in [1.82, 2.24) is 0 Å². The van der Waals surface area contributed by atoms with Crippen molar-refractivity contribution >= 4 is 59.1 Å². The maximum atomic E-state index is 13.8. The predicted octanol–water partition coefficient (Wildman–Crippen LogP) is 6.34. The molecule has 96 valence electrons. The lowest BCUT2D eigenvalue weighted by molar-refractivity contribution is 0.569. The van der Waals surface area contributed by atoms with Crippen LogP contribution in [0, 0.1) is 18.6 Å². The molecule has 2 rings (SSSR count). The molecule has 1 atom stereocenters. The monoisotopic (exact) mass is 458 g/mol. The molecule has 18 heavy (non-hydrogen) atoms. The second kappa shape index (κ2) is 5.69. The van der Waals surface area contributed by atoms with E-state index < -0.39 is 11.6 Å². The lowest BCUT2D eigenvalue weighted by Crippen LogP contribution is -1.97. The van der Waals surface area contributed by atoms with Crippen LogP contribution in [0.15, 0.2) is 26.5 Å². The van der Waals surface area contributed by atoms with Gasteiger partial charge in [-0.25, -0.2) is 8.78 Å². The fraction of sp³-hybridized carbons (Fsp3) is 0.167. The summed E-state index contributed by atoms with van der Waals surface area (Å²) in [6, 6.07) is 4.37. The van der Waals surface area contributed by atoms with Gasteiger partial charge in [-0.3, -0.25) is 0 Å². The maximum absolute atomic E-state index is 13.8. The van der Waals surface area contributed by atoms with Crippen molar-refractivity contribution in [2.45, 2.75) is 11.8 Å². The minimum absolute atomic E-state index is 0.288. The van der Waals surface area contributed by atoms with E-state index in [1.54, 1.807) is 6.92 Å². The van der Waals surface area contributed by atoms with Crippen LogP contribution in [0.5, 0.6) is 0 Å². The summed E-state index contributed by atoms with van der Waals surface area (Å²) in [5, 5.41) is 0. The lowest BCUT2D eigenvalue weighted by Gasteiger charge is -2.10. The first-order chi connectivity index (χ1) is 8.40. The van der Waals surface area contributed by atoms with Crippen LogP contribution in [0.4, 0.5) is 8.78 Å². The van der Waals surface area contributed by atoms with Crippen LogP contribution >= 0.6 is 59.1 Å². The van der Waals surface area contributed by atoms with Crippen molar-refractivity contribution in [1.29, 1.82) is 0 Å². The Labute approximate surface area is 133 Å². The second-order valence-corrected chi connectivity index (χ2v) is 7.93.